The number of aromatic nitrogens is 1. The number of ether oxygens (including phenoxy) is 1. The summed E-state index contributed by atoms with van der Waals surface area (Å²) >= 11 is 18.9. The predicted octanol–water partition coefficient (Wildman–Crippen LogP) is 6.94. The highest BCUT2D eigenvalue weighted by atomic mass is 35.5. The lowest BCUT2D eigenvalue weighted by Gasteiger charge is -2.41. The summed E-state index contributed by atoms with van der Waals surface area (Å²) < 4.78 is 77.3. The average Bonchev–Trinajstić information content (AvgIpc) is 3.40. The van der Waals surface area contributed by atoms with Gasteiger partial charge < -0.3 is 14.2 Å². The molecule has 0 aliphatic carbocycles. The smallest absolute Gasteiger partial charge is 0.452 e. The molecule has 8 nitrogen and oxygen atoms in total. The van der Waals surface area contributed by atoms with Gasteiger partial charge in [-0.25, -0.2) is 13.1 Å². The molecule has 42 heavy (non-hydrogen) atoms. The largest absolute Gasteiger partial charge is 0.489 e. The van der Waals surface area contributed by atoms with Crippen molar-refractivity contribution in [3.8, 4) is 17.0 Å². The molecule has 0 atom stereocenters. The van der Waals surface area contributed by atoms with Crippen LogP contribution in [0.1, 0.15) is 33.2 Å². The normalized spacial score (nSPS) is 16.2. The zero-order chi connectivity index (χ0) is 30.0. The Morgan fingerprint density at radius 3 is 2.40 bits per heavy atom. The number of carbonyl (C=O) groups excluding carboxylic acids is 1. The van der Waals surface area contributed by atoms with Crippen LogP contribution in [0.5, 0.6) is 5.75 Å². The molecule has 3 heterocycles. The molecule has 2 aliphatic heterocycles. The van der Waals surface area contributed by atoms with E-state index in [-0.39, 0.29) is 49.0 Å². The maximum Gasteiger partial charge on any atom is 0.452 e. The SMILES string of the molecule is O=C1NS(=O)(=O)c2ccc(N3CC(c4ccc(OCc5c(-c6c(Cl)cccc6Cl)noc5C(F)(F)F)cc4Cl)C3)cc21. The molecule has 3 aromatic carbocycles. The van der Waals surface area contributed by atoms with Gasteiger partial charge in [-0.15, -0.1) is 0 Å². The number of nitrogens with zero attached hydrogens (tertiary/aromatic N) is 2. The fraction of sp³-hybridized carbons (Fsp3) is 0.185. The Morgan fingerprint density at radius 2 is 1.74 bits per heavy atom. The summed E-state index contributed by atoms with van der Waals surface area (Å²) in [7, 11) is -3.82. The quantitative estimate of drug-likeness (QED) is 0.240. The van der Waals surface area contributed by atoms with Crippen LogP contribution in [-0.2, 0) is 22.8 Å². The van der Waals surface area contributed by atoms with Crippen molar-refractivity contribution >= 4 is 56.4 Å². The van der Waals surface area contributed by atoms with Crippen molar-refractivity contribution in [3.63, 3.8) is 0 Å². The number of amides is 1. The Kier molecular flexibility index (Phi) is 7.08. The molecular formula is C27H17Cl3F3N3O5S. The fourth-order valence-corrected chi connectivity index (χ4v) is 6.97. The number of hydrogen-bond acceptors (Lipinski definition) is 7. The Morgan fingerprint density at radius 1 is 1.02 bits per heavy atom. The van der Waals surface area contributed by atoms with Crippen LogP contribution in [0.4, 0.5) is 18.9 Å². The standard InChI is InChI=1S/C27H17Cl3F3N3O5S/c28-19-2-1-3-20(29)23(19)24-18(25(41-34-24)27(31,32)33)12-40-15-5-6-16(21(30)9-15)13-10-36(11-13)14-4-7-22-17(8-14)26(37)35-42(22,38)39/h1-9,13H,10-12H2,(H,35,37). The van der Waals surface area contributed by atoms with Crippen LogP contribution in [0, 0.1) is 0 Å². The Bertz CT molecular complexity index is 1840. The van der Waals surface area contributed by atoms with Gasteiger partial charge in [-0.2, -0.15) is 13.2 Å². The van der Waals surface area contributed by atoms with Gasteiger partial charge in [0.15, 0.2) is 0 Å². The van der Waals surface area contributed by atoms with Gasteiger partial charge >= 0.3 is 6.18 Å². The van der Waals surface area contributed by atoms with Crippen molar-refractivity contribution in [2.75, 3.05) is 18.0 Å². The van der Waals surface area contributed by atoms with Crippen molar-refractivity contribution in [2.45, 2.75) is 23.6 Å². The summed E-state index contributed by atoms with van der Waals surface area (Å²) in [5.74, 6) is -1.76. The zero-order valence-electron chi connectivity index (χ0n) is 21.0. The van der Waals surface area contributed by atoms with Gasteiger partial charge in [-0.3, -0.25) is 4.79 Å². The number of benzene rings is 3. The molecule has 2 aliphatic rings. The second-order valence-corrected chi connectivity index (χ2v) is 12.5. The first-order chi connectivity index (χ1) is 19.8. The van der Waals surface area contributed by atoms with Gasteiger partial charge in [0.25, 0.3) is 15.9 Å². The highest BCUT2D eigenvalue weighted by molar-refractivity contribution is 7.90. The second-order valence-electron chi connectivity index (χ2n) is 9.62. The molecule has 1 saturated heterocycles. The van der Waals surface area contributed by atoms with E-state index in [0.29, 0.717) is 23.8 Å². The van der Waals surface area contributed by atoms with Crippen LogP contribution in [0.25, 0.3) is 11.3 Å². The summed E-state index contributed by atoms with van der Waals surface area (Å²) in [6.45, 7) is 0.541. The van der Waals surface area contributed by atoms with E-state index in [1.165, 1.54) is 30.3 Å². The fourth-order valence-electron chi connectivity index (χ4n) is 4.92. The summed E-state index contributed by atoms with van der Waals surface area (Å²) in [4.78, 5) is 13.9. The molecule has 6 rings (SSSR count). The number of nitrogens with one attached hydrogen (secondary N) is 1. The molecule has 1 fully saturated rings. The number of sulfonamides is 1. The minimum Gasteiger partial charge on any atom is -0.489 e. The molecule has 218 valence electrons. The topological polar surface area (TPSA) is 102 Å². The number of hydrogen-bond donors (Lipinski definition) is 1. The first-order valence-corrected chi connectivity index (χ1v) is 14.8. The van der Waals surface area contributed by atoms with Gasteiger partial charge in [0.2, 0.25) is 5.76 Å². The van der Waals surface area contributed by atoms with E-state index < -0.39 is 34.5 Å². The van der Waals surface area contributed by atoms with E-state index >= 15 is 0 Å². The number of fused-ring (bicyclic) bond motifs is 1. The summed E-state index contributed by atoms with van der Waals surface area (Å²) in [6, 6.07) is 13.9. The van der Waals surface area contributed by atoms with Crippen LogP contribution in [0.2, 0.25) is 15.1 Å². The maximum atomic E-state index is 13.7. The number of rotatable bonds is 6. The van der Waals surface area contributed by atoms with Crippen LogP contribution < -0.4 is 14.4 Å². The molecule has 1 N–H and O–H groups in total. The highest BCUT2D eigenvalue weighted by Crippen LogP contribution is 2.42. The molecule has 0 unspecified atom stereocenters. The van der Waals surface area contributed by atoms with Crippen molar-refractivity contribution in [2.24, 2.45) is 0 Å². The van der Waals surface area contributed by atoms with Gasteiger partial charge in [-0.05, 0) is 48.0 Å². The van der Waals surface area contributed by atoms with Gasteiger partial charge in [-0.1, -0.05) is 52.1 Å². The van der Waals surface area contributed by atoms with Crippen molar-refractivity contribution in [3.05, 3.63) is 92.1 Å². The summed E-state index contributed by atoms with van der Waals surface area (Å²) in [6.07, 6.45) is -4.84. The molecular weight excluding hydrogens is 642 g/mol. The molecule has 0 saturated carbocycles. The molecule has 1 amide bonds. The van der Waals surface area contributed by atoms with Gasteiger partial charge in [0.05, 0.1) is 21.2 Å². The van der Waals surface area contributed by atoms with Gasteiger partial charge in [0, 0.05) is 35.3 Å². The first kappa shape index (κ1) is 28.7. The van der Waals surface area contributed by atoms with Crippen LogP contribution >= 0.6 is 34.8 Å². The van der Waals surface area contributed by atoms with E-state index in [4.69, 9.17) is 39.5 Å². The third kappa shape index (κ3) is 5.06. The Labute approximate surface area is 251 Å². The lowest BCUT2D eigenvalue weighted by atomic mass is 9.90. The molecule has 0 spiro atoms. The van der Waals surface area contributed by atoms with Crippen LogP contribution in [0.15, 0.2) is 64.0 Å². The minimum atomic E-state index is -4.84. The minimum absolute atomic E-state index is 0.0150. The van der Waals surface area contributed by atoms with Crippen LogP contribution in [0.3, 0.4) is 0 Å². The lowest BCUT2D eigenvalue weighted by Crippen LogP contribution is -2.45. The molecule has 0 bridgehead atoms. The Balaban J connectivity index is 1.18. The molecule has 0 radical (unpaired) electrons. The third-order valence-corrected chi connectivity index (χ3v) is 9.36. The molecule has 4 aromatic rings. The van der Waals surface area contributed by atoms with Crippen molar-refractivity contribution in [1.82, 2.24) is 9.88 Å². The predicted molar refractivity (Wildman–Crippen MR) is 149 cm³/mol. The average molecular weight is 659 g/mol. The maximum absolute atomic E-state index is 13.7. The monoisotopic (exact) mass is 657 g/mol. The van der Waals surface area contributed by atoms with E-state index in [9.17, 15) is 26.4 Å². The van der Waals surface area contributed by atoms with Crippen molar-refractivity contribution < 1.29 is 35.6 Å². The summed E-state index contributed by atoms with van der Waals surface area (Å²) in [5, 5.41) is 4.15. The van der Waals surface area contributed by atoms with E-state index in [0.717, 1.165) is 5.56 Å². The number of anilines is 1. The zero-order valence-corrected chi connectivity index (χ0v) is 24.1. The van der Waals surface area contributed by atoms with Crippen molar-refractivity contribution in [1.29, 1.82) is 0 Å². The highest BCUT2D eigenvalue weighted by Gasteiger charge is 2.41. The van der Waals surface area contributed by atoms with E-state index in [2.05, 4.69) is 9.68 Å². The molecule has 15 heteroatoms. The second kappa shape index (κ2) is 10.4. The van der Waals surface area contributed by atoms with E-state index in [1.807, 2.05) is 9.62 Å². The number of halogens is 6. The van der Waals surface area contributed by atoms with E-state index in [1.54, 1.807) is 24.3 Å². The van der Waals surface area contributed by atoms with Gasteiger partial charge in [0.1, 0.15) is 22.9 Å². The lowest BCUT2D eigenvalue weighted by molar-refractivity contribution is -0.156. The third-order valence-electron chi connectivity index (χ3n) is 7.01. The number of alkyl halides is 3. The Hall–Kier alpha value is -3.45. The number of carbonyl (C=O) groups is 1. The first-order valence-electron chi connectivity index (χ1n) is 12.2. The summed E-state index contributed by atoms with van der Waals surface area (Å²) in [5.41, 5.74) is 1.12. The van der Waals surface area contributed by atoms with Crippen LogP contribution in [-0.4, -0.2) is 32.6 Å². The molecule has 1 aromatic heterocycles.